The summed E-state index contributed by atoms with van der Waals surface area (Å²) in [7, 11) is -2.84. The maximum Gasteiger partial charge on any atom is 0.255 e. The second-order valence-electron chi connectivity index (χ2n) is 6.21. The molecule has 2 aliphatic rings. The van der Waals surface area contributed by atoms with Crippen molar-refractivity contribution in [1.29, 1.82) is 0 Å². The number of hydrogen-bond acceptors (Lipinski definition) is 5. The molecule has 0 unspecified atom stereocenters. The van der Waals surface area contributed by atoms with E-state index in [0.29, 0.717) is 18.8 Å². The standard InChI is InChI=1S/C15H22N2O3S2/c1-11-9-14(12(2)21-11)15(18)17-6-4-16(5-7-17)13-3-8-22(19,20)10-13/h9,13H,3-8,10H2,1-2H3/t13-/m1/s1. The lowest BCUT2D eigenvalue weighted by atomic mass is 10.1. The van der Waals surface area contributed by atoms with E-state index in [1.807, 2.05) is 24.8 Å². The maximum atomic E-state index is 12.6. The first kappa shape index (κ1) is 16.0. The lowest BCUT2D eigenvalue weighted by Gasteiger charge is -2.37. The molecule has 1 aromatic heterocycles. The summed E-state index contributed by atoms with van der Waals surface area (Å²) >= 11 is 1.66. The molecule has 1 atom stereocenters. The Morgan fingerprint density at radius 3 is 2.41 bits per heavy atom. The highest BCUT2D eigenvalue weighted by atomic mass is 32.2. The van der Waals surface area contributed by atoms with Crippen LogP contribution in [-0.4, -0.2) is 67.9 Å². The SMILES string of the molecule is Cc1cc(C(=O)N2CCN([C@@H]3CCS(=O)(=O)C3)CC2)c(C)s1. The van der Waals surface area contributed by atoms with Crippen LogP contribution in [0.25, 0.3) is 0 Å². The molecule has 22 heavy (non-hydrogen) atoms. The van der Waals surface area contributed by atoms with Crippen LogP contribution in [0.3, 0.4) is 0 Å². The summed E-state index contributed by atoms with van der Waals surface area (Å²) < 4.78 is 23.2. The van der Waals surface area contributed by atoms with Crippen molar-refractivity contribution in [2.45, 2.75) is 26.3 Å². The average Bonchev–Trinajstić information content (AvgIpc) is 3.00. The van der Waals surface area contributed by atoms with E-state index < -0.39 is 9.84 Å². The Balaban J connectivity index is 1.60. The molecule has 2 fully saturated rings. The molecule has 0 aliphatic carbocycles. The first-order valence-electron chi connectivity index (χ1n) is 7.66. The average molecular weight is 342 g/mol. The van der Waals surface area contributed by atoms with Crippen LogP contribution >= 0.6 is 11.3 Å². The van der Waals surface area contributed by atoms with Crippen molar-refractivity contribution >= 4 is 27.1 Å². The molecule has 7 heteroatoms. The zero-order chi connectivity index (χ0) is 15.9. The van der Waals surface area contributed by atoms with Gasteiger partial charge in [-0.25, -0.2) is 8.42 Å². The molecule has 2 aliphatic heterocycles. The number of carbonyl (C=O) groups excluding carboxylic acids is 1. The number of sulfone groups is 1. The van der Waals surface area contributed by atoms with Crippen molar-refractivity contribution in [3.63, 3.8) is 0 Å². The summed E-state index contributed by atoms with van der Waals surface area (Å²) in [6, 6.07) is 2.12. The van der Waals surface area contributed by atoms with E-state index in [1.54, 1.807) is 11.3 Å². The van der Waals surface area contributed by atoms with E-state index in [1.165, 1.54) is 0 Å². The van der Waals surface area contributed by atoms with Crippen LogP contribution in [-0.2, 0) is 9.84 Å². The quantitative estimate of drug-likeness (QED) is 0.813. The van der Waals surface area contributed by atoms with Gasteiger partial charge in [-0.1, -0.05) is 0 Å². The van der Waals surface area contributed by atoms with Crippen LogP contribution in [0.2, 0.25) is 0 Å². The molecule has 0 saturated carbocycles. The van der Waals surface area contributed by atoms with Crippen LogP contribution < -0.4 is 0 Å². The maximum absolute atomic E-state index is 12.6. The fourth-order valence-corrected chi connectivity index (χ4v) is 6.04. The molecule has 0 bridgehead atoms. The number of thiophene rings is 1. The van der Waals surface area contributed by atoms with Gasteiger partial charge in [0.1, 0.15) is 0 Å². The molecule has 122 valence electrons. The van der Waals surface area contributed by atoms with E-state index in [4.69, 9.17) is 0 Å². The van der Waals surface area contributed by atoms with Gasteiger partial charge in [0.2, 0.25) is 0 Å². The Kier molecular flexibility index (Phi) is 4.31. The molecular formula is C15H22N2O3S2. The molecule has 1 amide bonds. The second-order valence-corrected chi connectivity index (χ2v) is 9.90. The molecule has 0 aromatic carbocycles. The van der Waals surface area contributed by atoms with Gasteiger partial charge in [0.05, 0.1) is 17.1 Å². The first-order valence-corrected chi connectivity index (χ1v) is 10.3. The summed E-state index contributed by atoms with van der Waals surface area (Å²) in [4.78, 5) is 19.0. The van der Waals surface area contributed by atoms with E-state index in [0.717, 1.165) is 34.8 Å². The monoisotopic (exact) mass is 342 g/mol. The fourth-order valence-electron chi connectivity index (χ4n) is 3.37. The molecule has 3 rings (SSSR count). The summed E-state index contributed by atoms with van der Waals surface area (Å²) in [5, 5.41) is 0. The molecule has 0 N–H and O–H groups in total. The third-order valence-electron chi connectivity index (χ3n) is 4.60. The van der Waals surface area contributed by atoms with Crippen molar-refractivity contribution < 1.29 is 13.2 Å². The Labute approximate surface area is 135 Å². The van der Waals surface area contributed by atoms with Gasteiger partial charge in [0.25, 0.3) is 5.91 Å². The van der Waals surface area contributed by atoms with Gasteiger partial charge < -0.3 is 4.90 Å². The number of carbonyl (C=O) groups is 1. The smallest absolute Gasteiger partial charge is 0.255 e. The molecule has 0 spiro atoms. The Morgan fingerprint density at radius 1 is 1.23 bits per heavy atom. The summed E-state index contributed by atoms with van der Waals surface area (Å²) in [5.41, 5.74) is 0.819. The number of amides is 1. The van der Waals surface area contributed by atoms with Gasteiger partial charge in [-0.15, -0.1) is 11.3 Å². The van der Waals surface area contributed by atoms with Crippen LogP contribution in [0.15, 0.2) is 6.07 Å². The number of nitrogens with zero attached hydrogens (tertiary/aromatic N) is 2. The van der Waals surface area contributed by atoms with E-state index in [2.05, 4.69) is 4.90 Å². The third-order valence-corrected chi connectivity index (χ3v) is 7.31. The summed E-state index contributed by atoms with van der Waals surface area (Å²) in [6.45, 7) is 6.92. The van der Waals surface area contributed by atoms with E-state index in [9.17, 15) is 13.2 Å². The minimum atomic E-state index is -2.84. The molecule has 3 heterocycles. The fraction of sp³-hybridized carbons (Fsp3) is 0.667. The summed E-state index contributed by atoms with van der Waals surface area (Å²) in [5.74, 6) is 0.703. The lowest BCUT2D eigenvalue weighted by molar-refractivity contribution is 0.0587. The van der Waals surface area contributed by atoms with Crippen LogP contribution in [0.4, 0.5) is 0 Å². The number of piperazine rings is 1. The predicted molar refractivity (Wildman–Crippen MR) is 88.3 cm³/mol. The van der Waals surface area contributed by atoms with Gasteiger partial charge in [0, 0.05) is 42.0 Å². The van der Waals surface area contributed by atoms with Crippen molar-refractivity contribution in [1.82, 2.24) is 9.80 Å². The highest BCUT2D eigenvalue weighted by molar-refractivity contribution is 7.91. The Hall–Kier alpha value is -0.920. The topological polar surface area (TPSA) is 57.7 Å². The molecule has 1 aromatic rings. The minimum Gasteiger partial charge on any atom is -0.336 e. The Bertz CT molecular complexity index is 673. The van der Waals surface area contributed by atoms with Crippen LogP contribution in [0.5, 0.6) is 0 Å². The van der Waals surface area contributed by atoms with Crippen molar-refractivity contribution in [3.05, 3.63) is 21.4 Å². The molecule has 2 saturated heterocycles. The number of hydrogen-bond donors (Lipinski definition) is 0. The zero-order valence-corrected chi connectivity index (χ0v) is 14.7. The van der Waals surface area contributed by atoms with Crippen molar-refractivity contribution in [3.8, 4) is 0 Å². The van der Waals surface area contributed by atoms with E-state index in [-0.39, 0.29) is 17.7 Å². The Morgan fingerprint density at radius 2 is 1.91 bits per heavy atom. The highest BCUT2D eigenvalue weighted by Crippen LogP contribution is 2.24. The highest BCUT2D eigenvalue weighted by Gasteiger charge is 2.34. The molecule has 0 radical (unpaired) electrons. The van der Waals surface area contributed by atoms with Gasteiger partial charge in [-0.3, -0.25) is 9.69 Å². The van der Waals surface area contributed by atoms with Gasteiger partial charge in [0.15, 0.2) is 9.84 Å². The lowest BCUT2D eigenvalue weighted by Crippen LogP contribution is -2.52. The van der Waals surface area contributed by atoms with E-state index >= 15 is 0 Å². The van der Waals surface area contributed by atoms with Crippen molar-refractivity contribution in [2.24, 2.45) is 0 Å². The van der Waals surface area contributed by atoms with Crippen LogP contribution in [0, 0.1) is 13.8 Å². The number of rotatable bonds is 2. The zero-order valence-electron chi connectivity index (χ0n) is 13.0. The minimum absolute atomic E-state index is 0.112. The second kappa shape index (κ2) is 5.94. The molecular weight excluding hydrogens is 320 g/mol. The van der Waals surface area contributed by atoms with Crippen molar-refractivity contribution in [2.75, 3.05) is 37.7 Å². The van der Waals surface area contributed by atoms with Gasteiger partial charge >= 0.3 is 0 Å². The molecule has 5 nitrogen and oxygen atoms in total. The summed E-state index contributed by atoms with van der Waals surface area (Å²) in [6.07, 6.45) is 0.735. The number of aryl methyl sites for hydroxylation is 2. The third kappa shape index (κ3) is 3.21. The normalized spacial score (nSPS) is 25.5. The first-order chi connectivity index (χ1) is 10.4. The predicted octanol–water partition coefficient (Wildman–Crippen LogP) is 1.31. The largest absolute Gasteiger partial charge is 0.336 e. The van der Waals surface area contributed by atoms with Gasteiger partial charge in [-0.2, -0.15) is 0 Å². The van der Waals surface area contributed by atoms with Gasteiger partial charge in [-0.05, 0) is 26.3 Å². The van der Waals surface area contributed by atoms with Crippen LogP contribution in [0.1, 0.15) is 26.5 Å².